The predicted octanol–water partition coefficient (Wildman–Crippen LogP) is 1.15. The number of hydrogen-bond donors (Lipinski definition) is 2. The zero-order valence-electron chi connectivity index (χ0n) is 12.0. The number of nitrogens with two attached hydrogens (primary N) is 1. The highest BCUT2D eigenvalue weighted by Crippen LogP contribution is 2.43. The van der Waals surface area contributed by atoms with Crippen LogP contribution in [0, 0.1) is 10.8 Å². The smallest absolute Gasteiger partial charge is 0.0652 e. The molecule has 2 aliphatic rings. The van der Waals surface area contributed by atoms with Crippen LogP contribution >= 0.6 is 0 Å². The fraction of sp³-hybridized carbons (Fsp3) is 1.00. The first-order valence-corrected chi connectivity index (χ1v) is 7.08. The van der Waals surface area contributed by atoms with Gasteiger partial charge in [-0.15, -0.1) is 0 Å². The van der Waals surface area contributed by atoms with Crippen molar-refractivity contribution in [1.82, 2.24) is 5.32 Å². The largest absolute Gasteiger partial charge is 0.381 e. The Kier molecular flexibility index (Phi) is 4.32. The van der Waals surface area contributed by atoms with Gasteiger partial charge in [0.2, 0.25) is 0 Å². The molecule has 4 nitrogen and oxygen atoms in total. The van der Waals surface area contributed by atoms with E-state index < -0.39 is 0 Å². The molecule has 0 radical (unpaired) electrons. The minimum absolute atomic E-state index is 0.232. The molecular formula is C14H28N2O2. The van der Waals surface area contributed by atoms with Crippen LogP contribution in [-0.2, 0) is 9.47 Å². The Hall–Kier alpha value is -0.160. The van der Waals surface area contributed by atoms with Gasteiger partial charge in [-0.25, -0.2) is 0 Å². The molecule has 1 aliphatic carbocycles. The summed E-state index contributed by atoms with van der Waals surface area (Å²) in [6.45, 7) is 8.03. The van der Waals surface area contributed by atoms with Gasteiger partial charge in [-0.1, -0.05) is 13.8 Å². The lowest BCUT2D eigenvalue weighted by Crippen LogP contribution is -2.62. The summed E-state index contributed by atoms with van der Waals surface area (Å²) in [5.41, 5.74) is 6.46. The van der Waals surface area contributed by atoms with Gasteiger partial charge in [0, 0.05) is 38.3 Å². The lowest BCUT2D eigenvalue weighted by Gasteiger charge is -2.52. The standard InChI is InChI=1S/C14H28N2O2/c1-13(2)11(8-12(13)17-3)16-10-14(9-15)4-6-18-7-5-14/h11-12,16H,4-10,15H2,1-3H3. The first kappa shape index (κ1) is 14.3. The summed E-state index contributed by atoms with van der Waals surface area (Å²) in [6.07, 6.45) is 3.66. The van der Waals surface area contributed by atoms with Crippen molar-refractivity contribution >= 4 is 0 Å². The van der Waals surface area contributed by atoms with Crippen LogP contribution in [0.25, 0.3) is 0 Å². The van der Waals surface area contributed by atoms with Gasteiger partial charge in [0.25, 0.3) is 0 Å². The average molecular weight is 256 g/mol. The number of hydrogen-bond acceptors (Lipinski definition) is 4. The van der Waals surface area contributed by atoms with E-state index >= 15 is 0 Å². The summed E-state index contributed by atoms with van der Waals surface area (Å²) in [5.74, 6) is 0. The molecule has 4 heteroatoms. The van der Waals surface area contributed by atoms with Gasteiger partial charge < -0.3 is 20.5 Å². The number of rotatable bonds is 5. The Morgan fingerprint density at radius 3 is 2.50 bits per heavy atom. The SMILES string of the molecule is COC1CC(NCC2(CN)CCOCC2)C1(C)C. The lowest BCUT2D eigenvalue weighted by atomic mass is 9.64. The van der Waals surface area contributed by atoms with Crippen LogP contribution in [-0.4, -0.2) is 45.6 Å². The summed E-state index contributed by atoms with van der Waals surface area (Å²) in [6, 6.07) is 0.550. The maximum absolute atomic E-state index is 5.98. The highest BCUT2D eigenvalue weighted by molar-refractivity contribution is 5.03. The maximum Gasteiger partial charge on any atom is 0.0652 e. The second-order valence-corrected chi connectivity index (χ2v) is 6.53. The van der Waals surface area contributed by atoms with Crippen LogP contribution in [0.2, 0.25) is 0 Å². The molecule has 0 aromatic rings. The van der Waals surface area contributed by atoms with Crippen molar-refractivity contribution < 1.29 is 9.47 Å². The Bertz CT molecular complexity index is 275. The topological polar surface area (TPSA) is 56.5 Å². The molecule has 2 unspecified atom stereocenters. The molecule has 1 saturated heterocycles. The molecule has 2 rings (SSSR count). The summed E-state index contributed by atoms with van der Waals surface area (Å²) >= 11 is 0. The highest BCUT2D eigenvalue weighted by Gasteiger charge is 2.48. The highest BCUT2D eigenvalue weighted by atomic mass is 16.5. The maximum atomic E-state index is 5.98. The van der Waals surface area contributed by atoms with E-state index in [-0.39, 0.29) is 10.8 Å². The van der Waals surface area contributed by atoms with Crippen molar-refractivity contribution in [3.8, 4) is 0 Å². The second-order valence-electron chi connectivity index (χ2n) is 6.53. The van der Waals surface area contributed by atoms with E-state index in [0.717, 1.165) is 45.6 Å². The van der Waals surface area contributed by atoms with Crippen LogP contribution in [0.1, 0.15) is 33.1 Å². The molecule has 0 amide bonds. The number of methoxy groups -OCH3 is 1. The lowest BCUT2D eigenvalue weighted by molar-refractivity contribution is -0.101. The van der Waals surface area contributed by atoms with Crippen molar-refractivity contribution in [2.24, 2.45) is 16.6 Å². The van der Waals surface area contributed by atoms with Crippen molar-refractivity contribution in [3.63, 3.8) is 0 Å². The van der Waals surface area contributed by atoms with E-state index in [1.165, 1.54) is 0 Å². The van der Waals surface area contributed by atoms with Crippen LogP contribution in [0.15, 0.2) is 0 Å². The van der Waals surface area contributed by atoms with Gasteiger partial charge in [0.05, 0.1) is 6.10 Å². The third-order valence-corrected chi connectivity index (χ3v) is 5.17. The summed E-state index contributed by atoms with van der Waals surface area (Å²) < 4.78 is 10.9. The molecule has 0 bridgehead atoms. The molecule has 0 spiro atoms. The molecule has 2 fully saturated rings. The molecule has 18 heavy (non-hydrogen) atoms. The molecule has 1 aliphatic heterocycles. The number of nitrogens with one attached hydrogen (secondary N) is 1. The average Bonchev–Trinajstić information content (AvgIpc) is 2.39. The summed E-state index contributed by atoms with van der Waals surface area (Å²) in [4.78, 5) is 0. The van der Waals surface area contributed by atoms with E-state index in [1.54, 1.807) is 0 Å². The molecule has 1 heterocycles. The minimum atomic E-state index is 0.232. The van der Waals surface area contributed by atoms with E-state index in [4.69, 9.17) is 15.2 Å². The Morgan fingerprint density at radius 2 is 2.00 bits per heavy atom. The van der Waals surface area contributed by atoms with Crippen LogP contribution in [0.3, 0.4) is 0 Å². The molecule has 106 valence electrons. The normalized spacial score (nSPS) is 34.0. The van der Waals surface area contributed by atoms with Gasteiger partial charge in [0.15, 0.2) is 0 Å². The zero-order valence-corrected chi connectivity index (χ0v) is 12.0. The Morgan fingerprint density at radius 1 is 1.33 bits per heavy atom. The molecule has 3 N–H and O–H groups in total. The molecule has 0 aromatic carbocycles. The third kappa shape index (κ3) is 2.57. The van der Waals surface area contributed by atoms with Crippen molar-refractivity contribution in [1.29, 1.82) is 0 Å². The first-order chi connectivity index (χ1) is 8.54. The monoisotopic (exact) mass is 256 g/mol. The molecule has 2 atom stereocenters. The van der Waals surface area contributed by atoms with Gasteiger partial charge in [0.1, 0.15) is 0 Å². The fourth-order valence-corrected chi connectivity index (χ4v) is 3.23. The molecule has 1 saturated carbocycles. The second kappa shape index (κ2) is 5.45. The number of ether oxygens (including phenoxy) is 2. The Labute approximate surface area is 111 Å². The first-order valence-electron chi connectivity index (χ1n) is 7.08. The minimum Gasteiger partial charge on any atom is -0.381 e. The molecule has 0 aromatic heterocycles. The van der Waals surface area contributed by atoms with E-state index in [2.05, 4.69) is 19.2 Å². The predicted molar refractivity (Wildman–Crippen MR) is 72.5 cm³/mol. The van der Waals surface area contributed by atoms with Gasteiger partial charge in [-0.3, -0.25) is 0 Å². The van der Waals surface area contributed by atoms with Gasteiger partial charge >= 0.3 is 0 Å². The van der Waals surface area contributed by atoms with E-state index in [9.17, 15) is 0 Å². The third-order valence-electron chi connectivity index (χ3n) is 5.17. The summed E-state index contributed by atoms with van der Waals surface area (Å²) in [7, 11) is 1.81. The van der Waals surface area contributed by atoms with Gasteiger partial charge in [-0.05, 0) is 31.2 Å². The van der Waals surface area contributed by atoms with E-state index in [0.29, 0.717) is 12.1 Å². The van der Waals surface area contributed by atoms with Gasteiger partial charge in [-0.2, -0.15) is 0 Å². The van der Waals surface area contributed by atoms with Crippen molar-refractivity contribution in [2.75, 3.05) is 33.4 Å². The van der Waals surface area contributed by atoms with Crippen LogP contribution in [0.5, 0.6) is 0 Å². The van der Waals surface area contributed by atoms with Crippen molar-refractivity contribution in [3.05, 3.63) is 0 Å². The quantitative estimate of drug-likeness (QED) is 0.774. The van der Waals surface area contributed by atoms with Crippen LogP contribution in [0.4, 0.5) is 0 Å². The fourth-order valence-electron chi connectivity index (χ4n) is 3.23. The molecular weight excluding hydrogens is 228 g/mol. The van der Waals surface area contributed by atoms with Crippen molar-refractivity contribution in [2.45, 2.75) is 45.3 Å². The van der Waals surface area contributed by atoms with Crippen LogP contribution < -0.4 is 11.1 Å². The van der Waals surface area contributed by atoms with E-state index in [1.807, 2.05) is 7.11 Å². The summed E-state index contributed by atoms with van der Waals surface area (Å²) in [5, 5.41) is 3.72. The zero-order chi connectivity index (χ0) is 13.2. The Balaban J connectivity index is 1.84.